The number of hydrogen-bond donors (Lipinski definition) is 1. The molecule has 2 aromatic carbocycles. The van der Waals surface area contributed by atoms with E-state index in [1.807, 2.05) is 0 Å². The van der Waals surface area contributed by atoms with E-state index < -0.39 is 23.3 Å². The first kappa shape index (κ1) is 25.4. The standard InChI is InChI=1S/C25H25BrF2N2O4/c1-15-11-21(33-14-17-7-8-18(27)12-20(17)28)22(26)23(31)30(15)13-16-5-9-19(10-6-16)29-24(32)34-25(2,3)4/h5-12H,13-14H2,1-4H3,(H,29,32). The smallest absolute Gasteiger partial charge is 0.412 e. The molecule has 3 rings (SSSR count). The second-order valence-corrected chi connectivity index (χ2v) is 9.50. The topological polar surface area (TPSA) is 69.6 Å². The molecule has 3 aromatic rings. The van der Waals surface area contributed by atoms with Crippen molar-refractivity contribution in [1.82, 2.24) is 4.57 Å². The van der Waals surface area contributed by atoms with Gasteiger partial charge < -0.3 is 14.0 Å². The van der Waals surface area contributed by atoms with E-state index in [9.17, 15) is 18.4 Å². The maximum Gasteiger partial charge on any atom is 0.412 e. The summed E-state index contributed by atoms with van der Waals surface area (Å²) in [5.74, 6) is -1.13. The van der Waals surface area contributed by atoms with Gasteiger partial charge in [0.05, 0.1) is 6.54 Å². The van der Waals surface area contributed by atoms with Gasteiger partial charge in [-0.05, 0) is 73.5 Å². The van der Waals surface area contributed by atoms with Gasteiger partial charge in [0.2, 0.25) is 0 Å². The summed E-state index contributed by atoms with van der Waals surface area (Å²) in [7, 11) is 0. The fourth-order valence-electron chi connectivity index (χ4n) is 3.11. The number of anilines is 1. The largest absolute Gasteiger partial charge is 0.487 e. The third-order valence-corrected chi connectivity index (χ3v) is 5.48. The van der Waals surface area contributed by atoms with Crippen LogP contribution in [0.4, 0.5) is 19.3 Å². The molecule has 1 N–H and O–H groups in total. The number of rotatable bonds is 6. The number of hydrogen-bond acceptors (Lipinski definition) is 4. The van der Waals surface area contributed by atoms with Gasteiger partial charge in [-0.2, -0.15) is 0 Å². The summed E-state index contributed by atoms with van der Waals surface area (Å²) in [5.41, 5.74) is 1.31. The summed E-state index contributed by atoms with van der Waals surface area (Å²) in [6.45, 7) is 7.25. The molecule has 6 nitrogen and oxygen atoms in total. The summed E-state index contributed by atoms with van der Waals surface area (Å²) in [6, 6.07) is 12.0. The minimum Gasteiger partial charge on any atom is -0.487 e. The number of ether oxygens (including phenoxy) is 2. The van der Waals surface area contributed by atoms with Crippen molar-refractivity contribution in [3.8, 4) is 5.75 Å². The molecule has 0 saturated heterocycles. The third kappa shape index (κ3) is 6.66. The number of aromatic nitrogens is 1. The first-order valence-corrected chi connectivity index (χ1v) is 11.3. The molecule has 0 bridgehead atoms. The molecule has 0 aliphatic carbocycles. The van der Waals surface area contributed by atoms with Crippen LogP contribution in [0.2, 0.25) is 0 Å². The highest BCUT2D eigenvalue weighted by atomic mass is 79.9. The fraction of sp³-hybridized carbons (Fsp3) is 0.280. The van der Waals surface area contributed by atoms with Crippen molar-refractivity contribution in [1.29, 1.82) is 0 Å². The molecule has 0 atom stereocenters. The number of pyridine rings is 1. The lowest BCUT2D eigenvalue weighted by molar-refractivity contribution is 0.0636. The monoisotopic (exact) mass is 534 g/mol. The predicted molar refractivity (Wildman–Crippen MR) is 129 cm³/mol. The van der Waals surface area contributed by atoms with Crippen molar-refractivity contribution >= 4 is 27.7 Å². The van der Waals surface area contributed by atoms with Crippen LogP contribution in [-0.2, 0) is 17.9 Å². The predicted octanol–water partition coefficient (Wildman–Crippen LogP) is 6.17. The van der Waals surface area contributed by atoms with Gasteiger partial charge >= 0.3 is 6.09 Å². The minimum absolute atomic E-state index is 0.153. The highest BCUT2D eigenvalue weighted by molar-refractivity contribution is 9.10. The molecule has 0 spiro atoms. The van der Waals surface area contributed by atoms with Gasteiger partial charge in [-0.15, -0.1) is 0 Å². The average molecular weight is 535 g/mol. The Morgan fingerprint density at radius 3 is 2.38 bits per heavy atom. The highest BCUT2D eigenvalue weighted by Crippen LogP contribution is 2.25. The highest BCUT2D eigenvalue weighted by Gasteiger charge is 2.17. The van der Waals surface area contributed by atoms with E-state index in [2.05, 4.69) is 21.2 Å². The summed E-state index contributed by atoms with van der Waals surface area (Å²) in [5, 5.41) is 2.66. The summed E-state index contributed by atoms with van der Waals surface area (Å²) < 4.78 is 39.6. The maximum atomic E-state index is 13.9. The molecule has 1 heterocycles. The molecule has 9 heteroatoms. The summed E-state index contributed by atoms with van der Waals surface area (Å²) >= 11 is 3.27. The molecule has 0 aliphatic heterocycles. The molecular formula is C25H25BrF2N2O4. The molecule has 0 fully saturated rings. The van der Waals surface area contributed by atoms with E-state index in [4.69, 9.17) is 9.47 Å². The van der Waals surface area contributed by atoms with Gasteiger partial charge in [-0.25, -0.2) is 13.6 Å². The number of aryl methyl sites for hydroxylation is 1. The van der Waals surface area contributed by atoms with E-state index >= 15 is 0 Å². The number of nitrogens with zero attached hydrogens (tertiary/aromatic N) is 1. The quantitative estimate of drug-likeness (QED) is 0.410. The Labute approximate surface area is 204 Å². The average Bonchev–Trinajstić information content (AvgIpc) is 2.73. The Bertz CT molecular complexity index is 1250. The third-order valence-electron chi connectivity index (χ3n) is 4.75. The van der Waals surface area contributed by atoms with E-state index in [1.165, 1.54) is 6.07 Å². The van der Waals surface area contributed by atoms with Gasteiger partial charge in [0.25, 0.3) is 5.56 Å². The normalized spacial score (nSPS) is 11.3. The van der Waals surface area contributed by atoms with Crippen LogP contribution in [0.3, 0.4) is 0 Å². The van der Waals surface area contributed by atoms with Crippen LogP contribution < -0.4 is 15.6 Å². The molecule has 1 amide bonds. The number of nitrogens with one attached hydrogen (secondary N) is 1. The second kappa shape index (κ2) is 10.4. The number of carbonyl (C=O) groups is 1. The number of benzene rings is 2. The summed E-state index contributed by atoms with van der Waals surface area (Å²) in [4.78, 5) is 24.8. The molecule has 180 valence electrons. The van der Waals surface area contributed by atoms with E-state index in [0.29, 0.717) is 17.9 Å². The SMILES string of the molecule is Cc1cc(OCc2ccc(F)cc2F)c(Br)c(=O)n1Cc1ccc(NC(=O)OC(C)(C)C)cc1. The molecule has 0 aliphatic rings. The summed E-state index contributed by atoms with van der Waals surface area (Å²) in [6.07, 6.45) is -0.549. The van der Waals surface area contributed by atoms with Crippen molar-refractivity contribution in [2.45, 2.75) is 46.4 Å². The molecule has 0 unspecified atom stereocenters. The maximum absolute atomic E-state index is 13.9. The van der Waals surface area contributed by atoms with Crippen LogP contribution in [-0.4, -0.2) is 16.3 Å². The molecule has 1 aromatic heterocycles. The van der Waals surface area contributed by atoms with E-state index in [0.717, 1.165) is 17.7 Å². The Morgan fingerprint density at radius 2 is 1.76 bits per heavy atom. The first-order valence-electron chi connectivity index (χ1n) is 10.5. The number of amides is 1. The minimum atomic E-state index is -0.717. The Balaban J connectivity index is 1.71. The van der Waals surface area contributed by atoms with E-state index in [-0.39, 0.29) is 28.0 Å². The van der Waals surface area contributed by atoms with Crippen LogP contribution in [0.1, 0.15) is 37.6 Å². The van der Waals surface area contributed by atoms with E-state index in [1.54, 1.807) is 62.6 Å². The number of carbonyl (C=O) groups excluding carboxylic acids is 1. The van der Waals surface area contributed by atoms with Gasteiger partial charge in [0, 0.05) is 29.1 Å². The Hall–Kier alpha value is -3.20. The lowest BCUT2D eigenvalue weighted by Crippen LogP contribution is -2.27. The molecular weight excluding hydrogens is 510 g/mol. The van der Waals surface area contributed by atoms with Crippen LogP contribution >= 0.6 is 15.9 Å². The van der Waals surface area contributed by atoms with Crippen molar-refractivity contribution in [2.75, 3.05) is 5.32 Å². The van der Waals surface area contributed by atoms with Gasteiger partial charge in [0.1, 0.15) is 34.1 Å². The van der Waals surface area contributed by atoms with Crippen molar-refractivity contribution in [3.05, 3.63) is 91.8 Å². The lowest BCUT2D eigenvalue weighted by atomic mass is 10.2. The zero-order valence-corrected chi connectivity index (χ0v) is 20.8. The van der Waals surface area contributed by atoms with Gasteiger partial charge in [-0.1, -0.05) is 12.1 Å². The Kier molecular flexibility index (Phi) is 7.76. The zero-order chi connectivity index (χ0) is 25.0. The van der Waals surface area contributed by atoms with Gasteiger partial charge in [0.15, 0.2) is 0 Å². The van der Waals surface area contributed by atoms with Crippen molar-refractivity contribution in [2.24, 2.45) is 0 Å². The van der Waals surface area contributed by atoms with Crippen LogP contribution in [0.5, 0.6) is 5.75 Å². The van der Waals surface area contributed by atoms with Gasteiger partial charge in [-0.3, -0.25) is 10.1 Å². The second-order valence-electron chi connectivity index (χ2n) is 8.70. The fourth-order valence-corrected chi connectivity index (χ4v) is 3.55. The molecule has 34 heavy (non-hydrogen) atoms. The molecule has 0 saturated carbocycles. The van der Waals surface area contributed by atoms with Crippen molar-refractivity contribution in [3.63, 3.8) is 0 Å². The zero-order valence-electron chi connectivity index (χ0n) is 19.2. The van der Waals surface area contributed by atoms with Crippen LogP contribution in [0, 0.1) is 18.6 Å². The lowest BCUT2D eigenvalue weighted by Gasteiger charge is -2.19. The van der Waals surface area contributed by atoms with Crippen LogP contribution in [0.15, 0.2) is 57.8 Å². The Morgan fingerprint density at radius 1 is 1.09 bits per heavy atom. The number of halogens is 3. The van der Waals surface area contributed by atoms with Crippen LogP contribution in [0.25, 0.3) is 0 Å². The van der Waals surface area contributed by atoms with Crippen molar-refractivity contribution < 1.29 is 23.0 Å². The first-order chi connectivity index (χ1) is 15.9. The molecule has 0 radical (unpaired) electrons.